The van der Waals surface area contributed by atoms with E-state index < -0.39 is 5.82 Å². The Morgan fingerprint density at radius 3 is 2.36 bits per heavy atom. The van der Waals surface area contributed by atoms with Crippen LogP contribution in [0.5, 0.6) is 0 Å². The zero-order valence-electron chi connectivity index (χ0n) is 7.56. The quantitative estimate of drug-likeness (QED) is 0.607. The zero-order chi connectivity index (χ0) is 10.6. The van der Waals surface area contributed by atoms with Crippen LogP contribution >= 0.6 is 35.0 Å². The monoisotopic (exact) mass is 254 g/mol. The fourth-order valence-corrected chi connectivity index (χ4v) is 1.97. The minimum absolute atomic E-state index is 0.211. The van der Waals surface area contributed by atoms with E-state index in [9.17, 15) is 4.39 Å². The Morgan fingerprint density at radius 2 is 1.86 bits per heavy atom. The molecule has 0 bridgehead atoms. The van der Waals surface area contributed by atoms with Crippen LogP contribution in [0.25, 0.3) is 0 Å². The summed E-state index contributed by atoms with van der Waals surface area (Å²) in [5.41, 5.74) is 0. The van der Waals surface area contributed by atoms with Gasteiger partial charge in [-0.25, -0.2) is 14.4 Å². The molecule has 6 heteroatoms. The zero-order valence-corrected chi connectivity index (χ0v) is 9.89. The summed E-state index contributed by atoms with van der Waals surface area (Å²) in [6, 6.07) is 0. The Balaban J connectivity index is 2.69. The van der Waals surface area contributed by atoms with Gasteiger partial charge in [-0.05, 0) is 12.2 Å². The van der Waals surface area contributed by atoms with E-state index in [4.69, 9.17) is 23.2 Å². The second-order valence-electron chi connectivity index (χ2n) is 2.59. The Bertz CT molecular complexity index is 299. The fourth-order valence-electron chi connectivity index (χ4n) is 0.807. The molecule has 1 rings (SSSR count). The molecule has 0 amide bonds. The summed E-state index contributed by atoms with van der Waals surface area (Å²) < 4.78 is 12.9. The van der Waals surface area contributed by atoms with Gasteiger partial charge in [0, 0.05) is 0 Å². The van der Waals surface area contributed by atoms with Gasteiger partial charge in [0.25, 0.3) is 0 Å². The van der Waals surface area contributed by atoms with Crippen molar-refractivity contribution in [2.45, 2.75) is 19.1 Å². The van der Waals surface area contributed by atoms with Gasteiger partial charge in [-0.2, -0.15) is 11.8 Å². The van der Waals surface area contributed by atoms with Crippen molar-refractivity contribution in [3.8, 4) is 0 Å². The van der Waals surface area contributed by atoms with Crippen LogP contribution < -0.4 is 0 Å². The molecule has 0 aliphatic heterocycles. The van der Waals surface area contributed by atoms with Crippen LogP contribution in [-0.2, 0) is 5.75 Å². The van der Waals surface area contributed by atoms with E-state index >= 15 is 0 Å². The molecule has 0 fully saturated rings. The Labute approximate surface area is 96.2 Å². The van der Waals surface area contributed by atoms with E-state index in [0.717, 1.165) is 12.2 Å². The van der Waals surface area contributed by atoms with Gasteiger partial charge in [0.1, 0.15) is 5.82 Å². The van der Waals surface area contributed by atoms with E-state index in [1.807, 2.05) is 0 Å². The van der Waals surface area contributed by atoms with Crippen molar-refractivity contribution in [1.29, 1.82) is 0 Å². The molecule has 14 heavy (non-hydrogen) atoms. The maximum absolute atomic E-state index is 12.9. The van der Waals surface area contributed by atoms with Gasteiger partial charge in [-0.15, -0.1) is 0 Å². The topological polar surface area (TPSA) is 25.8 Å². The number of rotatable bonds is 4. The summed E-state index contributed by atoms with van der Waals surface area (Å²) in [5.74, 6) is 1.33. The van der Waals surface area contributed by atoms with Crippen molar-refractivity contribution in [2.75, 3.05) is 5.75 Å². The molecule has 1 aromatic heterocycles. The van der Waals surface area contributed by atoms with Crippen LogP contribution in [-0.4, -0.2) is 15.7 Å². The first-order valence-corrected chi connectivity index (χ1v) is 6.01. The SMILES string of the molecule is CCCSCc1nc(Cl)c(F)c(Cl)n1. The second kappa shape index (κ2) is 5.73. The van der Waals surface area contributed by atoms with Crippen molar-refractivity contribution in [1.82, 2.24) is 9.97 Å². The summed E-state index contributed by atoms with van der Waals surface area (Å²) in [6.07, 6.45) is 1.08. The number of halogens is 3. The van der Waals surface area contributed by atoms with E-state index in [0.29, 0.717) is 11.6 Å². The van der Waals surface area contributed by atoms with E-state index in [2.05, 4.69) is 16.9 Å². The van der Waals surface area contributed by atoms with Crippen LogP contribution in [0.4, 0.5) is 4.39 Å². The molecule has 1 aromatic rings. The number of aromatic nitrogens is 2. The van der Waals surface area contributed by atoms with Gasteiger partial charge in [-0.3, -0.25) is 0 Å². The highest BCUT2D eigenvalue weighted by atomic mass is 35.5. The lowest BCUT2D eigenvalue weighted by molar-refractivity contribution is 0.612. The molecule has 0 saturated heterocycles. The maximum Gasteiger partial charge on any atom is 0.197 e. The van der Waals surface area contributed by atoms with Crippen LogP contribution in [0.2, 0.25) is 10.3 Å². The van der Waals surface area contributed by atoms with E-state index in [1.165, 1.54) is 0 Å². The smallest absolute Gasteiger partial charge is 0.197 e. The minimum Gasteiger partial charge on any atom is -0.217 e. The van der Waals surface area contributed by atoms with Gasteiger partial charge in [-0.1, -0.05) is 30.1 Å². The molecule has 0 unspecified atom stereocenters. The van der Waals surface area contributed by atoms with E-state index in [1.54, 1.807) is 11.8 Å². The number of thioether (sulfide) groups is 1. The third-order valence-corrected chi connectivity index (χ3v) is 3.06. The summed E-state index contributed by atoms with van der Waals surface area (Å²) in [7, 11) is 0. The summed E-state index contributed by atoms with van der Waals surface area (Å²) in [4.78, 5) is 7.56. The van der Waals surface area contributed by atoms with Crippen LogP contribution in [0.1, 0.15) is 19.2 Å². The molecule has 1 heterocycles. The first-order chi connectivity index (χ1) is 6.65. The Kier molecular flexibility index (Phi) is 4.92. The summed E-state index contributed by atoms with van der Waals surface area (Å²) >= 11 is 12.7. The molecule has 0 aromatic carbocycles. The van der Waals surface area contributed by atoms with Crippen molar-refractivity contribution < 1.29 is 4.39 Å². The second-order valence-corrected chi connectivity index (χ2v) is 4.41. The summed E-state index contributed by atoms with van der Waals surface area (Å²) in [6.45, 7) is 2.08. The average molecular weight is 255 g/mol. The van der Waals surface area contributed by atoms with Crippen LogP contribution in [0.3, 0.4) is 0 Å². The molecule has 0 aliphatic carbocycles. The molecule has 78 valence electrons. The molecule has 0 N–H and O–H groups in total. The molecular weight excluding hydrogens is 246 g/mol. The van der Waals surface area contributed by atoms with Crippen LogP contribution in [0, 0.1) is 5.82 Å². The molecule has 2 nitrogen and oxygen atoms in total. The van der Waals surface area contributed by atoms with E-state index in [-0.39, 0.29) is 10.3 Å². The lowest BCUT2D eigenvalue weighted by Gasteiger charge is -2.01. The standard InChI is InChI=1S/C8H9Cl2FN2S/c1-2-3-14-4-5-12-7(9)6(11)8(10)13-5/h2-4H2,1H3. The van der Waals surface area contributed by atoms with Gasteiger partial charge >= 0.3 is 0 Å². The molecular formula is C8H9Cl2FN2S. The number of hydrogen-bond donors (Lipinski definition) is 0. The van der Waals surface area contributed by atoms with Crippen molar-refractivity contribution in [2.24, 2.45) is 0 Å². The number of nitrogens with zero attached hydrogens (tertiary/aromatic N) is 2. The van der Waals surface area contributed by atoms with Crippen LogP contribution in [0.15, 0.2) is 0 Å². The average Bonchev–Trinajstić information content (AvgIpc) is 2.14. The molecule has 0 atom stereocenters. The van der Waals surface area contributed by atoms with Gasteiger partial charge < -0.3 is 0 Å². The van der Waals surface area contributed by atoms with Crippen molar-refractivity contribution in [3.05, 3.63) is 21.9 Å². The number of hydrogen-bond acceptors (Lipinski definition) is 3. The predicted molar refractivity (Wildman–Crippen MR) is 58.5 cm³/mol. The third-order valence-electron chi connectivity index (χ3n) is 1.40. The predicted octanol–water partition coefficient (Wildman–Crippen LogP) is 3.57. The molecule has 0 spiro atoms. The fraction of sp³-hybridized carbons (Fsp3) is 0.500. The van der Waals surface area contributed by atoms with Gasteiger partial charge in [0.15, 0.2) is 16.1 Å². The van der Waals surface area contributed by atoms with Gasteiger partial charge in [0.05, 0.1) is 5.75 Å². The minimum atomic E-state index is -0.752. The first-order valence-electron chi connectivity index (χ1n) is 4.10. The largest absolute Gasteiger partial charge is 0.217 e. The Morgan fingerprint density at radius 1 is 1.29 bits per heavy atom. The first kappa shape index (κ1) is 12.0. The van der Waals surface area contributed by atoms with Gasteiger partial charge in [0.2, 0.25) is 0 Å². The lowest BCUT2D eigenvalue weighted by Crippen LogP contribution is -1.97. The highest BCUT2D eigenvalue weighted by Crippen LogP contribution is 2.20. The maximum atomic E-state index is 12.9. The molecule has 0 saturated carbocycles. The van der Waals surface area contributed by atoms with Crippen molar-refractivity contribution in [3.63, 3.8) is 0 Å². The van der Waals surface area contributed by atoms with Crippen molar-refractivity contribution >= 4 is 35.0 Å². The molecule has 0 aliphatic rings. The highest BCUT2D eigenvalue weighted by Gasteiger charge is 2.10. The molecule has 0 radical (unpaired) electrons. The summed E-state index contributed by atoms with van der Waals surface area (Å²) in [5, 5.41) is -0.422. The third kappa shape index (κ3) is 3.26. The lowest BCUT2D eigenvalue weighted by atomic mass is 10.6. The Hall–Kier alpha value is -0.0600. The normalized spacial score (nSPS) is 10.6. The highest BCUT2D eigenvalue weighted by molar-refractivity contribution is 7.98.